The summed E-state index contributed by atoms with van der Waals surface area (Å²) in [6.07, 6.45) is 0.977. The first-order chi connectivity index (χ1) is 8.91. The molecule has 0 spiro atoms. The molecule has 0 aliphatic heterocycles. The molecule has 0 aliphatic rings. The molecule has 0 atom stereocenters. The Kier molecular flexibility index (Phi) is 7.50. The van der Waals surface area contributed by atoms with Gasteiger partial charge in [0, 0.05) is 25.2 Å². The number of hydrogen-bond donors (Lipinski definition) is 1. The van der Waals surface area contributed by atoms with E-state index in [-0.39, 0.29) is 5.91 Å². The fourth-order valence-corrected chi connectivity index (χ4v) is 2.21. The molecular formula is C17H34N2O. The molecule has 0 unspecified atom stereocenters. The van der Waals surface area contributed by atoms with Gasteiger partial charge in [0.05, 0.1) is 0 Å². The van der Waals surface area contributed by atoms with Crippen LogP contribution in [0.1, 0.15) is 54.9 Å². The summed E-state index contributed by atoms with van der Waals surface area (Å²) in [5.41, 5.74) is 1.17. The second kappa shape index (κ2) is 7.82. The van der Waals surface area contributed by atoms with Crippen molar-refractivity contribution in [2.75, 3.05) is 26.2 Å². The van der Waals surface area contributed by atoms with Gasteiger partial charge in [0.2, 0.25) is 5.91 Å². The van der Waals surface area contributed by atoms with Crippen molar-refractivity contribution in [1.29, 1.82) is 0 Å². The topological polar surface area (TPSA) is 32.3 Å². The Hall–Kier alpha value is -0.830. The summed E-state index contributed by atoms with van der Waals surface area (Å²) in [6, 6.07) is 0. The number of amides is 1. The SMILES string of the molecule is C=C(C)C(=O)NCCCN(CC(C)(C)C)CC(C)(C)C. The first-order valence-corrected chi connectivity index (χ1v) is 7.57. The van der Waals surface area contributed by atoms with Crippen LogP contribution < -0.4 is 5.32 Å². The molecule has 0 aliphatic carbocycles. The Morgan fingerprint density at radius 3 is 1.85 bits per heavy atom. The summed E-state index contributed by atoms with van der Waals surface area (Å²) in [7, 11) is 0. The smallest absolute Gasteiger partial charge is 0.246 e. The highest BCUT2D eigenvalue weighted by Gasteiger charge is 2.21. The van der Waals surface area contributed by atoms with Gasteiger partial charge in [0.25, 0.3) is 0 Å². The highest BCUT2D eigenvalue weighted by molar-refractivity contribution is 5.91. The molecule has 118 valence electrons. The summed E-state index contributed by atoms with van der Waals surface area (Å²) in [6.45, 7) is 22.9. The standard InChI is InChI=1S/C17H34N2O/c1-14(2)15(20)18-10-9-11-19(12-16(3,4)5)13-17(6,7)8/h1,9-13H2,2-8H3,(H,18,20). The zero-order chi connectivity index (χ0) is 16.0. The molecule has 0 bridgehead atoms. The van der Waals surface area contributed by atoms with E-state index < -0.39 is 0 Å². The van der Waals surface area contributed by atoms with Gasteiger partial charge >= 0.3 is 0 Å². The van der Waals surface area contributed by atoms with E-state index in [1.165, 1.54) is 0 Å². The number of nitrogens with zero attached hydrogens (tertiary/aromatic N) is 1. The molecule has 20 heavy (non-hydrogen) atoms. The number of hydrogen-bond acceptors (Lipinski definition) is 2. The van der Waals surface area contributed by atoms with Crippen LogP contribution in [0.4, 0.5) is 0 Å². The summed E-state index contributed by atoms with van der Waals surface area (Å²) in [4.78, 5) is 13.9. The quantitative estimate of drug-likeness (QED) is 0.573. The van der Waals surface area contributed by atoms with Crippen LogP contribution in [0.2, 0.25) is 0 Å². The summed E-state index contributed by atoms with van der Waals surface area (Å²) < 4.78 is 0. The van der Waals surface area contributed by atoms with Gasteiger partial charge in [-0.3, -0.25) is 4.79 Å². The highest BCUT2D eigenvalue weighted by atomic mass is 16.1. The van der Waals surface area contributed by atoms with E-state index in [1.807, 2.05) is 0 Å². The number of nitrogens with one attached hydrogen (secondary N) is 1. The highest BCUT2D eigenvalue weighted by Crippen LogP contribution is 2.20. The second-order valence-corrected chi connectivity index (χ2v) is 8.22. The molecule has 0 aromatic heterocycles. The van der Waals surface area contributed by atoms with Crippen LogP contribution >= 0.6 is 0 Å². The Morgan fingerprint density at radius 2 is 1.50 bits per heavy atom. The van der Waals surface area contributed by atoms with E-state index in [1.54, 1.807) is 6.92 Å². The molecule has 3 nitrogen and oxygen atoms in total. The molecule has 1 N–H and O–H groups in total. The van der Waals surface area contributed by atoms with E-state index in [9.17, 15) is 4.79 Å². The molecule has 0 fully saturated rings. The van der Waals surface area contributed by atoms with E-state index in [0.717, 1.165) is 32.6 Å². The van der Waals surface area contributed by atoms with Gasteiger partial charge < -0.3 is 10.2 Å². The van der Waals surface area contributed by atoms with E-state index in [4.69, 9.17) is 0 Å². The van der Waals surface area contributed by atoms with Gasteiger partial charge in [-0.05, 0) is 30.7 Å². The summed E-state index contributed by atoms with van der Waals surface area (Å²) in [5.74, 6) is -0.0387. The third kappa shape index (κ3) is 11.0. The van der Waals surface area contributed by atoms with Crippen LogP contribution in [0.5, 0.6) is 0 Å². The van der Waals surface area contributed by atoms with Crippen molar-refractivity contribution in [2.45, 2.75) is 54.9 Å². The minimum atomic E-state index is -0.0387. The second-order valence-electron chi connectivity index (χ2n) is 8.22. The molecule has 1 amide bonds. The van der Waals surface area contributed by atoms with Crippen LogP contribution in [0.3, 0.4) is 0 Å². The fourth-order valence-electron chi connectivity index (χ4n) is 2.21. The lowest BCUT2D eigenvalue weighted by molar-refractivity contribution is -0.117. The summed E-state index contributed by atoms with van der Waals surface area (Å²) in [5, 5.41) is 2.90. The minimum absolute atomic E-state index is 0.0387. The van der Waals surface area contributed by atoms with Gasteiger partial charge in [-0.1, -0.05) is 48.1 Å². The molecule has 3 heteroatoms. The zero-order valence-corrected chi connectivity index (χ0v) is 14.6. The average molecular weight is 282 g/mol. The number of carbonyl (C=O) groups excluding carboxylic acids is 1. The van der Waals surface area contributed by atoms with Crippen molar-refractivity contribution < 1.29 is 4.79 Å². The van der Waals surface area contributed by atoms with Crippen molar-refractivity contribution in [3.05, 3.63) is 12.2 Å². The zero-order valence-electron chi connectivity index (χ0n) is 14.6. The Labute approximate surface area is 125 Å². The molecule has 0 saturated heterocycles. The molecule has 0 radical (unpaired) electrons. The van der Waals surface area contributed by atoms with Gasteiger partial charge in [-0.25, -0.2) is 0 Å². The number of carbonyl (C=O) groups is 1. The molecular weight excluding hydrogens is 248 g/mol. The summed E-state index contributed by atoms with van der Waals surface area (Å²) >= 11 is 0. The fraction of sp³-hybridized carbons (Fsp3) is 0.824. The lowest BCUT2D eigenvalue weighted by atomic mass is 9.92. The molecule has 0 aromatic rings. The average Bonchev–Trinajstić information content (AvgIpc) is 2.18. The van der Waals surface area contributed by atoms with E-state index in [2.05, 4.69) is 58.3 Å². The lowest BCUT2D eigenvalue weighted by Gasteiger charge is -2.34. The lowest BCUT2D eigenvalue weighted by Crippen LogP contribution is -2.40. The first-order valence-electron chi connectivity index (χ1n) is 7.57. The normalized spacial score (nSPS) is 12.6. The van der Waals surface area contributed by atoms with Crippen LogP contribution in [0, 0.1) is 10.8 Å². The van der Waals surface area contributed by atoms with Crippen molar-refractivity contribution in [1.82, 2.24) is 10.2 Å². The van der Waals surface area contributed by atoms with Gasteiger partial charge in [0.1, 0.15) is 0 Å². The van der Waals surface area contributed by atoms with Gasteiger partial charge in [-0.15, -0.1) is 0 Å². The van der Waals surface area contributed by atoms with Crippen LogP contribution in [0.25, 0.3) is 0 Å². The Balaban J connectivity index is 4.23. The molecule has 0 saturated carbocycles. The third-order valence-corrected chi connectivity index (χ3v) is 2.72. The first kappa shape index (κ1) is 19.2. The van der Waals surface area contributed by atoms with Crippen LogP contribution in [0.15, 0.2) is 12.2 Å². The monoisotopic (exact) mass is 282 g/mol. The van der Waals surface area contributed by atoms with Gasteiger partial charge in [-0.2, -0.15) is 0 Å². The third-order valence-electron chi connectivity index (χ3n) is 2.72. The van der Waals surface area contributed by atoms with E-state index in [0.29, 0.717) is 16.4 Å². The van der Waals surface area contributed by atoms with Crippen molar-refractivity contribution >= 4 is 5.91 Å². The van der Waals surface area contributed by atoms with E-state index >= 15 is 0 Å². The number of rotatable bonds is 7. The minimum Gasteiger partial charge on any atom is -0.352 e. The predicted octanol–water partition coefficient (Wildman–Crippen LogP) is 3.46. The van der Waals surface area contributed by atoms with Crippen LogP contribution in [-0.2, 0) is 4.79 Å². The maximum Gasteiger partial charge on any atom is 0.246 e. The molecule has 0 aromatic carbocycles. The van der Waals surface area contributed by atoms with Gasteiger partial charge in [0.15, 0.2) is 0 Å². The predicted molar refractivity (Wildman–Crippen MR) is 87.8 cm³/mol. The van der Waals surface area contributed by atoms with Crippen molar-refractivity contribution in [2.24, 2.45) is 10.8 Å². The van der Waals surface area contributed by atoms with Crippen molar-refractivity contribution in [3.8, 4) is 0 Å². The maximum absolute atomic E-state index is 11.4. The van der Waals surface area contributed by atoms with Crippen molar-refractivity contribution in [3.63, 3.8) is 0 Å². The van der Waals surface area contributed by atoms with Crippen LogP contribution in [-0.4, -0.2) is 37.0 Å². The maximum atomic E-state index is 11.4. The largest absolute Gasteiger partial charge is 0.352 e. The molecule has 0 heterocycles. The molecule has 0 rings (SSSR count). The Morgan fingerprint density at radius 1 is 1.05 bits per heavy atom. The Bertz CT molecular complexity index is 305.